The van der Waals surface area contributed by atoms with E-state index in [0.717, 1.165) is 31.7 Å². The van der Waals surface area contributed by atoms with Crippen LogP contribution in [-0.2, 0) is 23.3 Å². The third kappa shape index (κ3) is 3.42. The lowest BCUT2D eigenvalue weighted by Gasteiger charge is -2.27. The van der Waals surface area contributed by atoms with E-state index < -0.39 is 11.1 Å². The number of aromatic nitrogens is 3. The minimum Gasteiger partial charge on any atom is -0.508 e. The molecule has 0 aliphatic heterocycles. The van der Waals surface area contributed by atoms with Crippen molar-refractivity contribution >= 4 is 5.91 Å². The van der Waals surface area contributed by atoms with Crippen molar-refractivity contribution in [3.05, 3.63) is 39.9 Å². The first-order valence-electron chi connectivity index (χ1n) is 8.48. The molecule has 0 radical (unpaired) electrons. The standard InChI is InChI=1S/C17H22N4O4/c1-3-14-18-16(20-25-14)17(6-4-5-7-17)19-13(23)10-21-11(2)8-12(22)9-15(21)24/h8-9,22H,3-7,10H2,1-2H3,(H,19,23). The zero-order valence-corrected chi connectivity index (χ0v) is 14.4. The van der Waals surface area contributed by atoms with E-state index in [0.29, 0.717) is 23.8 Å². The quantitative estimate of drug-likeness (QED) is 0.846. The van der Waals surface area contributed by atoms with Gasteiger partial charge < -0.3 is 19.5 Å². The maximum absolute atomic E-state index is 12.6. The second-order valence-electron chi connectivity index (χ2n) is 6.48. The maximum Gasteiger partial charge on any atom is 0.254 e. The van der Waals surface area contributed by atoms with E-state index in [9.17, 15) is 14.7 Å². The second-order valence-corrected chi connectivity index (χ2v) is 6.48. The average Bonchev–Trinajstić information content (AvgIpc) is 3.20. The van der Waals surface area contributed by atoms with Crippen LogP contribution in [-0.4, -0.2) is 25.7 Å². The number of hydrogen-bond donors (Lipinski definition) is 2. The van der Waals surface area contributed by atoms with Gasteiger partial charge in [0.15, 0.2) is 5.82 Å². The number of rotatable bonds is 5. The number of carbonyl (C=O) groups is 1. The molecule has 1 aliphatic carbocycles. The monoisotopic (exact) mass is 346 g/mol. The number of nitrogens with zero attached hydrogens (tertiary/aromatic N) is 3. The Bertz CT molecular complexity index is 833. The molecule has 0 unspecified atom stereocenters. The summed E-state index contributed by atoms with van der Waals surface area (Å²) in [6, 6.07) is 2.55. The van der Waals surface area contributed by atoms with Crippen LogP contribution in [0.3, 0.4) is 0 Å². The summed E-state index contributed by atoms with van der Waals surface area (Å²) in [5, 5.41) is 16.5. The lowest BCUT2D eigenvalue weighted by molar-refractivity contribution is -0.124. The van der Waals surface area contributed by atoms with Crippen molar-refractivity contribution < 1.29 is 14.4 Å². The molecule has 25 heavy (non-hydrogen) atoms. The van der Waals surface area contributed by atoms with Crippen molar-refractivity contribution in [3.63, 3.8) is 0 Å². The number of aromatic hydroxyl groups is 1. The molecule has 0 atom stereocenters. The van der Waals surface area contributed by atoms with Gasteiger partial charge in [0.1, 0.15) is 17.8 Å². The Hall–Kier alpha value is -2.64. The molecule has 1 saturated carbocycles. The number of aryl methyl sites for hydroxylation is 2. The van der Waals surface area contributed by atoms with E-state index in [4.69, 9.17) is 4.52 Å². The Morgan fingerprint density at radius 2 is 2.12 bits per heavy atom. The highest BCUT2D eigenvalue weighted by Crippen LogP contribution is 2.37. The van der Waals surface area contributed by atoms with Gasteiger partial charge in [0.05, 0.1) is 0 Å². The van der Waals surface area contributed by atoms with Crippen molar-refractivity contribution in [2.45, 2.75) is 58.0 Å². The first kappa shape index (κ1) is 17.2. The van der Waals surface area contributed by atoms with Crippen molar-refractivity contribution in [2.75, 3.05) is 0 Å². The topological polar surface area (TPSA) is 110 Å². The zero-order valence-electron chi connectivity index (χ0n) is 14.4. The molecule has 2 aromatic rings. The minimum atomic E-state index is -0.636. The fraction of sp³-hybridized carbons (Fsp3) is 0.529. The summed E-state index contributed by atoms with van der Waals surface area (Å²) in [6.07, 6.45) is 4.05. The normalized spacial score (nSPS) is 16.1. The zero-order chi connectivity index (χ0) is 18.0. The van der Waals surface area contributed by atoms with Gasteiger partial charge in [-0.25, -0.2) is 0 Å². The highest BCUT2D eigenvalue weighted by atomic mass is 16.5. The third-order valence-corrected chi connectivity index (χ3v) is 4.66. The van der Waals surface area contributed by atoms with Gasteiger partial charge in [-0.3, -0.25) is 9.59 Å². The Morgan fingerprint density at radius 1 is 1.40 bits per heavy atom. The summed E-state index contributed by atoms with van der Waals surface area (Å²) < 4.78 is 6.53. The van der Waals surface area contributed by atoms with E-state index in [2.05, 4.69) is 15.5 Å². The largest absolute Gasteiger partial charge is 0.508 e. The van der Waals surface area contributed by atoms with Gasteiger partial charge in [0, 0.05) is 18.2 Å². The van der Waals surface area contributed by atoms with Gasteiger partial charge in [0.25, 0.3) is 5.56 Å². The van der Waals surface area contributed by atoms with Crippen LogP contribution in [0.1, 0.15) is 50.0 Å². The molecular weight excluding hydrogens is 324 g/mol. The predicted octanol–water partition coefficient (Wildman–Crippen LogP) is 1.39. The van der Waals surface area contributed by atoms with E-state index >= 15 is 0 Å². The number of hydrogen-bond acceptors (Lipinski definition) is 6. The van der Waals surface area contributed by atoms with Gasteiger partial charge in [-0.15, -0.1) is 0 Å². The van der Waals surface area contributed by atoms with Crippen LogP contribution in [0.2, 0.25) is 0 Å². The summed E-state index contributed by atoms with van der Waals surface area (Å²) in [7, 11) is 0. The van der Waals surface area contributed by atoms with Crippen molar-refractivity contribution in [1.82, 2.24) is 20.0 Å². The summed E-state index contributed by atoms with van der Waals surface area (Å²) in [6.45, 7) is 3.48. The van der Waals surface area contributed by atoms with Crippen LogP contribution in [0.25, 0.3) is 0 Å². The predicted molar refractivity (Wildman–Crippen MR) is 89.1 cm³/mol. The maximum atomic E-state index is 12.6. The Labute approximate surface area is 144 Å². The first-order valence-corrected chi connectivity index (χ1v) is 8.48. The van der Waals surface area contributed by atoms with Crippen LogP contribution in [0, 0.1) is 6.92 Å². The molecule has 3 rings (SSSR count). The Balaban J connectivity index is 1.81. The van der Waals surface area contributed by atoms with E-state index in [-0.39, 0.29) is 18.2 Å². The summed E-state index contributed by atoms with van der Waals surface area (Å²) >= 11 is 0. The lowest BCUT2D eigenvalue weighted by Crippen LogP contribution is -2.46. The van der Waals surface area contributed by atoms with Gasteiger partial charge >= 0.3 is 0 Å². The van der Waals surface area contributed by atoms with Crippen molar-refractivity contribution in [2.24, 2.45) is 0 Å². The van der Waals surface area contributed by atoms with E-state index in [1.54, 1.807) is 6.92 Å². The fourth-order valence-corrected chi connectivity index (χ4v) is 3.34. The summed E-state index contributed by atoms with van der Waals surface area (Å²) in [4.78, 5) is 29.0. The summed E-state index contributed by atoms with van der Waals surface area (Å²) in [5.74, 6) is 0.650. The highest BCUT2D eigenvalue weighted by molar-refractivity contribution is 5.77. The van der Waals surface area contributed by atoms with Gasteiger partial charge in [-0.1, -0.05) is 24.9 Å². The lowest BCUT2D eigenvalue weighted by atomic mass is 9.96. The molecule has 2 aromatic heterocycles. The fourth-order valence-electron chi connectivity index (χ4n) is 3.34. The van der Waals surface area contributed by atoms with Gasteiger partial charge in [0.2, 0.25) is 11.8 Å². The SMILES string of the molecule is CCc1nc(C2(NC(=O)Cn3c(C)cc(O)cc3=O)CCCC2)no1. The van der Waals surface area contributed by atoms with E-state index in [1.165, 1.54) is 10.6 Å². The molecule has 8 nitrogen and oxygen atoms in total. The highest BCUT2D eigenvalue weighted by Gasteiger charge is 2.41. The molecule has 0 saturated heterocycles. The molecule has 0 spiro atoms. The van der Waals surface area contributed by atoms with Crippen molar-refractivity contribution in [3.8, 4) is 5.75 Å². The molecule has 0 bridgehead atoms. The second kappa shape index (κ2) is 6.70. The first-order chi connectivity index (χ1) is 11.9. The molecule has 1 fully saturated rings. The van der Waals surface area contributed by atoms with Crippen LogP contribution >= 0.6 is 0 Å². The third-order valence-electron chi connectivity index (χ3n) is 4.66. The molecule has 0 aromatic carbocycles. The number of pyridine rings is 1. The van der Waals surface area contributed by atoms with Gasteiger partial charge in [-0.2, -0.15) is 4.98 Å². The molecule has 1 amide bonds. The number of nitrogens with one attached hydrogen (secondary N) is 1. The molecule has 134 valence electrons. The van der Waals surface area contributed by atoms with Crippen LogP contribution in [0.15, 0.2) is 21.5 Å². The van der Waals surface area contributed by atoms with Crippen molar-refractivity contribution in [1.29, 1.82) is 0 Å². The Kier molecular flexibility index (Phi) is 4.61. The van der Waals surface area contributed by atoms with Crippen LogP contribution < -0.4 is 10.9 Å². The smallest absolute Gasteiger partial charge is 0.254 e. The number of amides is 1. The number of carbonyl (C=O) groups excluding carboxylic acids is 1. The average molecular weight is 346 g/mol. The molecule has 1 aliphatic rings. The molecular formula is C17H22N4O4. The van der Waals surface area contributed by atoms with E-state index in [1.807, 2.05) is 6.92 Å². The van der Waals surface area contributed by atoms with Gasteiger partial charge in [-0.05, 0) is 25.8 Å². The minimum absolute atomic E-state index is 0.106. The van der Waals surface area contributed by atoms with Crippen LogP contribution in [0.5, 0.6) is 5.75 Å². The van der Waals surface area contributed by atoms with Crippen LogP contribution in [0.4, 0.5) is 0 Å². The Morgan fingerprint density at radius 3 is 2.72 bits per heavy atom. The molecule has 8 heteroatoms. The summed E-state index contributed by atoms with van der Waals surface area (Å²) in [5.41, 5.74) is -0.531. The molecule has 2 heterocycles. The molecule has 2 N–H and O–H groups in total.